The zero-order valence-corrected chi connectivity index (χ0v) is 13.8. The molecule has 2 heteroatoms. The standard InChI is InChI=1S/C20H26N2/c1-15-3-5-17(6-4-15)11-18-7-9-19(10-8-18)12-20-21-13-16(2)14-22-20/h7-10,13-15,17H,3-6,11-12H2,1-2H3. The molecule has 1 aromatic heterocycles. The molecule has 1 aliphatic carbocycles. The van der Waals surface area contributed by atoms with Gasteiger partial charge in [-0.05, 0) is 54.7 Å². The van der Waals surface area contributed by atoms with Crippen molar-refractivity contribution in [1.29, 1.82) is 0 Å². The summed E-state index contributed by atoms with van der Waals surface area (Å²) in [7, 11) is 0. The van der Waals surface area contributed by atoms with Crippen LogP contribution in [-0.4, -0.2) is 9.97 Å². The van der Waals surface area contributed by atoms with Gasteiger partial charge in [0.15, 0.2) is 0 Å². The molecule has 0 unspecified atom stereocenters. The number of aryl methyl sites for hydroxylation is 1. The van der Waals surface area contributed by atoms with Crippen LogP contribution in [-0.2, 0) is 12.8 Å². The molecule has 1 aliphatic rings. The highest BCUT2D eigenvalue weighted by atomic mass is 14.9. The fraction of sp³-hybridized carbons (Fsp3) is 0.500. The molecule has 2 aromatic rings. The van der Waals surface area contributed by atoms with Gasteiger partial charge in [0.05, 0.1) is 0 Å². The van der Waals surface area contributed by atoms with Crippen LogP contribution in [0, 0.1) is 18.8 Å². The van der Waals surface area contributed by atoms with E-state index in [2.05, 4.69) is 41.2 Å². The zero-order chi connectivity index (χ0) is 15.4. The molecule has 3 rings (SSSR count). The second-order valence-electron chi connectivity index (χ2n) is 7.00. The third kappa shape index (κ3) is 4.16. The fourth-order valence-corrected chi connectivity index (χ4v) is 3.35. The second-order valence-corrected chi connectivity index (χ2v) is 7.00. The molecule has 0 aliphatic heterocycles. The molecule has 116 valence electrons. The van der Waals surface area contributed by atoms with Gasteiger partial charge >= 0.3 is 0 Å². The predicted octanol–water partition coefficient (Wildman–Crippen LogP) is 4.74. The van der Waals surface area contributed by atoms with Crippen LogP contribution >= 0.6 is 0 Å². The van der Waals surface area contributed by atoms with E-state index in [4.69, 9.17) is 0 Å². The summed E-state index contributed by atoms with van der Waals surface area (Å²) in [5.74, 6) is 2.73. The summed E-state index contributed by atoms with van der Waals surface area (Å²) < 4.78 is 0. The number of benzene rings is 1. The molecular formula is C20H26N2. The second kappa shape index (κ2) is 7.04. The predicted molar refractivity (Wildman–Crippen MR) is 90.8 cm³/mol. The molecule has 1 aromatic carbocycles. The molecular weight excluding hydrogens is 268 g/mol. The Morgan fingerprint density at radius 1 is 0.909 bits per heavy atom. The monoisotopic (exact) mass is 294 g/mol. The first-order chi connectivity index (χ1) is 10.7. The Kier molecular flexibility index (Phi) is 4.87. The van der Waals surface area contributed by atoms with E-state index in [1.807, 2.05) is 19.3 Å². The Hall–Kier alpha value is -1.70. The molecule has 0 radical (unpaired) electrons. The molecule has 2 nitrogen and oxygen atoms in total. The van der Waals surface area contributed by atoms with E-state index in [1.165, 1.54) is 43.2 Å². The van der Waals surface area contributed by atoms with Crippen LogP contribution in [0.15, 0.2) is 36.7 Å². The summed E-state index contributed by atoms with van der Waals surface area (Å²) in [5, 5.41) is 0. The van der Waals surface area contributed by atoms with Crippen LogP contribution < -0.4 is 0 Å². The maximum atomic E-state index is 4.39. The van der Waals surface area contributed by atoms with Crippen LogP contribution in [0.25, 0.3) is 0 Å². The smallest absolute Gasteiger partial charge is 0.132 e. The SMILES string of the molecule is Cc1cnc(Cc2ccc(CC3CCC(C)CC3)cc2)nc1. The van der Waals surface area contributed by atoms with Crippen molar-refractivity contribution in [3.63, 3.8) is 0 Å². The van der Waals surface area contributed by atoms with E-state index in [0.717, 1.165) is 29.6 Å². The van der Waals surface area contributed by atoms with Gasteiger partial charge in [-0.2, -0.15) is 0 Å². The number of aromatic nitrogens is 2. The maximum absolute atomic E-state index is 4.39. The minimum atomic E-state index is 0.821. The largest absolute Gasteiger partial charge is 0.241 e. The summed E-state index contributed by atoms with van der Waals surface area (Å²) in [6.07, 6.45) is 11.5. The Bertz CT molecular complexity index is 578. The highest BCUT2D eigenvalue weighted by Gasteiger charge is 2.18. The van der Waals surface area contributed by atoms with Gasteiger partial charge in [0, 0.05) is 18.8 Å². The lowest BCUT2D eigenvalue weighted by atomic mass is 9.80. The van der Waals surface area contributed by atoms with Crippen molar-refractivity contribution in [1.82, 2.24) is 9.97 Å². The summed E-state index contributed by atoms with van der Waals surface area (Å²) in [6, 6.07) is 9.07. The Labute approximate surface area is 134 Å². The van der Waals surface area contributed by atoms with Gasteiger partial charge in [0.1, 0.15) is 5.82 Å². The van der Waals surface area contributed by atoms with E-state index in [-0.39, 0.29) is 0 Å². The Morgan fingerprint density at radius 3 is 2.14 bits per heavy atom. The molecule has 1 fully saturated rings. The topological polar surface area (TPSA) is 25.8 Å². The van der Waals surface area contributed by atoms with Crippen molar-refractivity contribution in [3.8, 4) is 0 Å². The van der Waals surface area contributed by atoms with E-state index in [1.54, 1.807) is 0 Å². The molecule has 0 saturated heterocycles. The molecule has 0 atom stereocenters. The first-order valence-electron chi connectivity index (χ1n) is 8.54. The number of rotatable bonds is 4. The molecule has 0 bridgehead atoms. The van der Waals surface area contributed by atoms with Crippen LogP contribution in [0.5, 0.6) is 0 Å². The normalized spacial score (nSPS) is 21.7. The number of hydrogen-bond acceptors (Lipinski definition) is 2. The van der Waals surface area contributed by atoms with Crippen molar-refractivity contribution in [2.45, 2.75) is 52.4 Å². The van der Waals surface area contributed by atoms with Gasteiger partial charge in [-0.3, -0.25) is 0 Å². The Morgan fingerprint density at radius 2 is 1.50 bits per heavy atom. The molecule has 22 heavy (non-hydrogen) atoms. The molecule has 0 spiro atoms. The average molecular weight is 294 g/mol. The Balaban J connectivity index is 1.57. The lowest BCUT2D eigenvalue weighted by molar-refractivity contribution is 0.289. The molecule has 1 saturated carbocycles. The quantitative estimate of drug-likeness (QED) is 0.813. The van der Waals surface area contributed by atoms with Gasteiger partial charge in [-0.15, -0.1) is 0 Å². The molecule has 0 amide bonds. The third-order valence-electron chi connectivity index (χ3n) is 4.88. The van der Waals surface area contributed by atoms with Crippen LogP contribution in [0.1, 0.15) is 55.1 Å². The fourth-order valence-electron chi connectivity index (χ4n) is 3.35. The summed E-state index contributed by atoms with van der Waals surface area (Å²) in [4.78, 5) is 8.77. The van der Waals surface area contributed by atoms with Crippen molar-refractivity contribution in [2.75, 3.05) is 0 Å². The highest BCUT2D eigenvalue weighted by Crippen LogP contribution is 2.30. The van der Waals surface area contributed by atoms with Gasteiger partial charge in [-0.25, -0.2) is 9.97 Å². The first kappa shape index (κ1) is 15.2. The third-order valence-corrected chi connectivity index (χ3v) is 4.88. The van der Waals surface area contributed by atoms with Crippen LogP contribution in [0.3, 0.4) is 0 Å². The highest BCUT2D eigenvalue weighted by molar-refractivity contribution is 5.25. The zero-order valence-electron chi connectivity index (χ0n) is 13.8. The van der Waals surface area contributed by atoms with Gasteiger partial charge in [0.2, 0.25) is 0 Å². The lowest BCUT2D eigenvalue weighted by Gasteiger charge is -2.26. The van der Waals surface area contributed by atoms with Gasteiger partial charge in [-0.1, -0.05) is 44.0 Å². The molecule has 1 heterocycles. The number of nitrogens with zero attached hydrogens (tertiary/aromatic N) is 2. The summed E-state index contributed by atoms with van der Waals surface area (Å²) in [5.41, 5.74) is 3.89. The van der Waals surface area contributed by atoms with E-state index in [0.29, 0.717) is 0 Å². The minimum absolute atomic E-state index is 0.821. The van der Waals surface area contributed by atoms with Crippen molar-refractivity contribution in [3.05, 3.63) is 59.2 Å². The molecule has 0 N–H and O–H groups in total. The van der Waals surface area contributed by atoms with Crippen molar-refractivity contribution in [2.24, 2.45) is 11.8 Å². The average Bonchev–Trinajstić information content (AvgIpc) is 2.54. The number of hydrogen-bond donors (Lipinski definition) is 0. The van der Waals surface area contributed by atoms with E-state index < -0.39 is 0 Å². The van der Waals surface area contributed by atoms with Crippen molar-refractivity contribution < 1.29 is 0 Å². The van der Waals surface area contributed by atoms with Crippen molar-refractivity contribution >= 4 is 0 Å². The minimum Gasteiger partial charge on any atom is -0.241 e. The van der Waals surface area contributed by atoms with Gasteiger partial charge in [0.25, 0.3) is 0 Å². The summed E-state index contributed by atoms with van der Waals surface area (Å²) in [6.45, 7) is 4.41. The van der Waals surface area contributed by atoms with Crippen LogP contribution in [0.4, 0.5) is 0 Å². The van der Waals surface area contributed by atoms with E-state index >= 15 is 0 Å². The maximum Gasteiger partial charge on any atom is 0.132 e. The summed E-state index contributed by atoms with van der Waals surface area (Å²) >= 11 is 0. The first-order valence-corrected chi connectivity index (χ1v) is 8.54. The van der Waals surface area contributed by atoms with Gasteiger partial charge < -0.3 is 0 Å². The van der Waals surface area contributed by atoms with Crippen LogP contribution in [0.2, 0.25) is 0 Å². The van der Waals surface area contributed by atoms with E-state index in [9.17, 15) is 0 Å². The lowest BCUT2D eigenvalue weighted by Crippen LogP contribution is -2.14.